The van der Waals surface area contributed by atoms with E-state index in [2.05, 4.69) is 39.2 Å². The highest BCUT2D eigenvalue weighted by molar-refractivity contribution is 9.10. The van der Waals surface area contributed by atoms with Crippen LogP contribution in [-0.4, -0.2) is 11.5 Å². The Hall–Kier alpha value is -1.26. The van der Waals surface area contributed by atoms with Crippen LogP contribution in [0.1, 0.15) is 30.5 Å². The maximum Gasteiger partial charge on any atom is 0.123 e. The van der Waals surface area contributed by atoms with Gasteiger partial charge >= 0.3 is 0 Å². The molecular formula is C16H18BrFN2. The average molecular weight is 337 g/mol. The third-order valence-corrected chi connectivity index (χ3v) is 3.53. The van der Waals surface area contributed by atoms with Crippen molar-refractivity contribution in [1.82, 2.24) is 10.3 Å². The van der Waals surface area contributed by atoms with Gasteiger partial charge in [0, 0.05) is 22.9 Å². The molecule has 0 saturated heterocycles. The van der Waals surface area contributed by atoms with E-state index in [1.165, 1.54) is 6.07 Å². The van der Waals surface area contributed by atoms with Crippen LogP contribution in [0.3, 0.4) is 0 Å². The number of pyridine rings is 1. The van der Waals surface area contributed by atoms with E-state index in [1.54, 1.807) is 18.3 Å². The summed E-state index contributed by atoms with van der Waals surface area (Å²) >= 11 is 3.45. The minimum absolute atomic E-state index is 0.141. The van der Waals surface area contributed by atoms with E-state index in [0.717, 1.165) is 35.0 Å². The number of aromatic nitrogens is 1. The summed E-state index contributed by atoms with van der Waals surface area (Å²) in [7, 11) is 0. The smallest absolute Gasteiger partial charge is 0.123 e. The van der Waals surface area contributed by atoms with Crippen molar-refractivity contribution in [3.8, 4) is 0 Å². The Kier molecular flexibility index (Phi) is 5.68. The van der Waals surface area contributed by atoms with Gasteiger partial charge in [-0.05, 0) is 64.6 Å². The number of halogens is 2. The molecule has 4 heteroatoms. The molecule has 1 N–H and O–H groups in total. The first-order chi connectivity index (χ1) is 9.69. The molecule has 0 fully saturated rings. The fourth-order valence-corrected chi connectivity index (χ4v) is 2.53. The van der Waals surface area contributed by atoms with Gasteiger partial charge in [-0.25, -0.2) is 4.39 Å². The number of nitrogens with one attached hydrogen (secondary N) is 1. The summed E-state index contributed by atoms with van der Waals surface area (Å²) in [5, 5.41) is 3.50. The molecule has 1 atom stereocenters. The number of benzene rings is 1. The van der Waals surface area contributed by atoms with Crippen LogP contribution in [0.2, 0.25) is 0 Å². The zero-order chi connectivity index (χ0) is 14.4. The molecule has 0 radical (unpaired) electrons. The molecule has 0 amide bonds. The second-order valence-electron chi connectivity index (χ2n) is 4.78. The largest absolute Gasteiger partial charge is 0.310 e. The summed E-state index contributed by atoms with van der Waals surface area (Å²) < 4.78 is 14.3. The van der Waals surface area contributed by atoms with E-state index in [-0.39, 0.29) is 11.9 Å². The molecule has 0 spiro atoms. The topological polar surface area (TPSA) is 24.9 Å². The zero-order valence-corrected chi connectivity index (χ0v) is 13.0. The van der Waals surface area contributed by atoms with Crippen LogP contribution >= 0.6 is 15.9 Å². The average Bonchev–Trinajstić information content (AvgIpc) is 2.43. The van der Waals surface area contributed by atoms with Crippen LogP contribution in [0.15, 0.2) is 47.2 Å². The molecule has 0 bridgehead atoms. The Morgan fingerprint density at radius 1 is 1.30 bits per heavy atom. The van der Waals surface area contributed by atoms with Crippen molar-refractivity contribution < 1.29 is 4.39 Å². The van der Waals surface area contributed by atoms with E-state index in [0.29, 0.717) is 0 Å². The van der Waals surface area contributed by atoms with Crippen LogP contribution in [-0.2, 0) is 6.42 Å². The van der Waals surface area contributed by atoms with Crippen molar-refractivity contribution in [2.75, 3.05) is 6.54 Å². The number of rotatable bonds is 6. The Bertz CT molecular complexity index is 560. The maximum absolute atomic E-state index is 13.3. The van der Waals surface area contributed by atoms with Gasteiger partial charge in [-0.15, -0.1) is 0 Å². The lowest BCUT2D eigenvalue weighted by molar-refractivity contribution is 0.525. The minimum atomic E-state index is -0.191. The molecule has 0 aliphatic carbocycles. The number of hydrogen-bond acceptors (Lipinski definition) is 2. The van der Waals surface area contributed by atoms with Gasteiger partial charge in [-0.1, -0.05) is 19.1 Å². The standard InChI is InChI=1S/C16H18BrFN2/c1-2-6-20-16(13-9-14(17)11-19-10-13)8-12-4-3-5-15(18)7-12/h3-5,7,9-11,16,20H,2,6,8H2,1H3. The predicted octanol–water partition coefficient (Wildman–Crippen LogP) is 4.27. The molecular weight excluding hydrogens is 319 g/mol. The monoisotopic (exact) mass is 336 g/mol. The van der Waals surface area contributed by atoms with Gasteiger partial charge in [0.15, 0.2) is 0 Å². The van der Waals surface area contributed by atoms with Crippen LogP contribution in [0.5, 0.6) is 0 Å². The van der Waals surface area contributed by atoms with E-state index in [9.17, 15) is 4.39 Å². The second-order valence-corrected chi connectivity index (χ2v) is 5.69. The Morgan fingerprint density at radius 2 is 2.15 bits per heavy atom. The highest BCUT2D eigenvalue weighted by atomic mass is 79.9. The molecule has 2 rings (SSSR count). The van der Waals surface area contributed by atoms with E-state index < -0.39 is 0 Å². The lowest BCUT2D eigenvalue weighted by Gasteiger charge is -2.19. The van der Waals surface area contributed by atoms with Crippen molar-refractivity contribution >= 4 is 15.9 Å². The van der Waals surface area contributed by atoms with Crippen LogP contribution in [0.4, 0.5) is 4.39 Å². The number of hydrogen-bond donors (Lipinski definition) is 1. The van der Waals surface area contributed by atoms with Crippen LogP contribution < -0.4 is 5.32 Å². The van der Waals surface area contributed by atoms with Crippen LogP contribution in [0.25, 0.3) is 0 Å². The second kappa shape index (κ2) is 7.50. The first-order valence-electron chi connectivity index (χ1n) is 6.77. The highest BCUT2D eigenvalue weighted by Crippen LogP contribution is 2.21. The molecule has 1 heterocycles. The SMILES string of the molecule is CCCNC(Cc1cccc(F)c1)c1cncc(Br)c1. The first kappa shape index (κ1) is 15.1. The number of nitrogens with zero attached hydrogens (tertiary/aromatic N) is 1. The molecule has 2 aromatic rings. The van der Waals surface area contributed by atoms with Gasteiger partial charge in [0.1, 0.15) is 5.82 Å². The summed E-state index contributed by atoms with van der Waals surface area (Å²) in [5.41, 5.74) is 2.09. The zero-order valence-electron chi connectivity index (χ0n) is 11.4. The fraction of sp³-hybridized carbons (Fsp3) is 0.312. The lowest BCUT2D eigenvalue weighted by atomic mass is 10.00. The van der Waals surface area contributed by atoms with E-state index in [1.807, 2.05) is 12.3 Å². The molecule has 0 aliphatic rings. The van der Waals surface area contributed by atoms with Gasteiger partial charge in [0.25, 0.3) is 0 Å². The van der Waals surface area contributed by atoms with Gasteiger partial charge in [-0.2, -0.15) is 0 Å². The molecule has 2 nitrogen and oxygen atoms in total. The Labute approximate surface area is 127 Å². The molecule has 0 saturated carbocycles. The Balaban J connectivity index is 2.19. The van der Waals surface area contributed by atoms with Crippen molar-refractivity contribution in [2.45, 2.75) is 25.8 Å². The van der Waals surface area contributed by atoms with Gasteiger partial charge in [0.05, 0.1) is 0 Å². The minimum Gasteiger partial charge on any atom is -0.310 e. The molecule has 1 aromatic carbocycles. The molecule has 20 heavy (non-hydrogen) atoms. The van der Waals surface area contributed by atoms with E-state index in [4.69, 9.17) is 0 Å². The quantitative estimate of drug-likeness (QED) is 0.852. The normalized spacial score (nSPS) is 12.3. The Morgan fingerprint density at radius 3 is 2.85 bits per heavy atom. The summed E-state index contributed by atoms with van der Waals surface area (Å²) in [6.45, 7) is 3.05. The van der Waals surface area contributed by atoms with Crippen molar-refractivity contribution in [1.29, 1.82) is 0 Å². The third kappa shape index (κ3) is 4.39. The molecule has 1 aromatic heterocycles. The van der Waals surface area contributed by atoms with Gasteiger partial charge in [-0.3, -0.25) is 4.98 Å². The van der Waals surface area contributed by atoms with E-state index >= 15 is 0 Å². The van der Waals surface area contributed by atoms with Crippen molar-refractivity contribution in [3.05, 3.63) is 64.1 Å². The predicted molar refractivity (Wildman–Crippen MR) is 83.1 cm³/mol. The lowest BCUT2D eigenvalue weighted by Crippen LogP contribution is -2.24. The summed E-state index contributed by atoms with van der Waals surface area (Å²) in [6, 6.07) is 8.96. The maximum atomic E-state index is 13.3. The first-order valence-corrected chi connectivity index (χ1v) is 7.56. The highest BCUT2D eigenvalue weighted by Gasteiger charge is 2.12. The molecule has 0 aliphatic heterocycles. The van der Waals surface area contributed by atoms with Gasteiger partial charge in [0.2, 0.25) is 0 Å². The molecule has 106 valence electrons. The van der Waals surface area contributed by atoms with Crippen molar-refractivity contribution in [2.24, 2.45) is 0 Å². The summed E-state index contributed by atoms with van der Waals surface area (Å²) in [4.78, 5) is 4.21. The summed E-state index contributed by atoms with van der Waals surface area (Å²) in [6.07, 6.45) is 5.43. The van der Waals surface area contributed by atoms with Crippen molar-refractivity contribution in [3.63, 3.8) is 0 Å². The third-order valence-electron chi connectivity index (χ3n) is 3.10. The fourth-order valence-electron chi connectivity index (χ4n) is 2.14. The van der Waals surface area contributed by atoms with Crippen LogP contribution in [0, 0.1) is 5.82 Å². The molecule has 1 unspecified atom stereocenters. The summed E-state index contributed by atoms with van der Waals surface area (Å²) in [5.74, 6) is -0.191. The van der Waals surface area contributed by atoms with Gasteiger partial charge < -0.3 is 5.32 Å².